The Morgan fingerprint density at radius 3 is 2.24 bits per heavy atom. The average Bonchev–Trinajstić information content (AvgIpc) is 2.31. The number of hydrogen-bond acceptors (Lipinski definition) is 2. The van der Waals surface area contributed by atoms with Crippen LogP contribution in [0.1, 0.15) is 72.6 Å². The van der Waals surface area contributed by atoms with Crippen molar-refractivity contribution in [3.8, 4) is 0 Å². The van der Waals surface area contributed by atoms with Crippen LogP contribution in [-0.2, 0) is 4.43 Å². The standard InChI is InChI=1S/C14H33NOSi/c1-5-7-8-9-10-11-12-15-14(6-2)17-16-13(3)4/h13-15H,5-12,17H2,1-4H3. The van der Waals surface area contributed by atoms with Crippen molar-refractivity contribution in [1.82, 2.24) is 5.32 Å². The molecule has 0 spiro atoms. The van der Waals surface area contributed by atoms with Gasteiger partial charge < -0.3 is 9.74 Å². The van der Waals surface area contributed by atoms with Crippen LogP contribution in [0.3, 0.4) is 0 Å². The fourth-order valence-corrected chi connectivity index (χ4v) is 3.02. The van der Waals surface area contributed by atoms with E-state index in [0.717, 1.165) is 0 Å². The van der Waals surface area contributed by atoms with E-state index in [4.69, 9.17) is 4.43 Å². The third kappa shape index (κ3) is 12.4. The largest absolute Gasteiger partial charge is 0.420 e. The number of hydrogen-bond donors (Lipinski definition) is 1. The summed E-state index contributed by atoms with van der Waals surface area (Å²) in [7, 11) is -0.381. The Morgan fingerprint density at radius 1 is 1.00 bits per heavy atom. The minimum atomic E-state index is -0.381. The average molecular weight is 260 g/mol. The fraction of sp³-hybridized carbons (Fsp3) is 1.00. The van der Waals surface area contributed by atoms with Crippen molar-refractivity contribution in [3.05, 3.63) is 0 Å². The molecule has 17 heavy (non-hydrogen) atoms. The van der Waals surface area contributed by atoms with Crippen LogP contribution in [-0.4, -0.2) is 28.1 Å². The van der Waals surface area contributed by atoms with Crippen LogP contribution in [0.4, 0.5) is 0 Å². The van der Waals surface area contributed by atoms with Crippen LogP contribution >= 0.6 is 0 Å². The highest BCUT2D eigenvalue weighted by molar-refractivity contribution is 6.29. The van der Waals surface area contributed by atoms with Gasteiger partial charge >= 0.3 is 0 Å². The molecule has 0 fully saturated rings. The van der Waals surface area contributed by atoms with Gasteiger partial charge in [0.2, 0.25) is 0 Å². The van der Waals surface area contributed by atoms with Gasteiger partial charge in [-0.25, -0.2) is 0 Å². The molecule has 0 radical (unpaired) electrons. The van der Waals surface area contributed by atoms with Gasteiger partial charge in [0.15, 0.2) is 9.76 Å². The van der Waals surface area contributed by atoms with E-state index in [9.17, 15) is 0 Å². The summed E-state index contributed by atoms with van der Waals surface area (Å²) in [5, 5.41) is 3.65. The first kappa shape index (κ1) is 17.1. The molecule has 0 saturated heterocycles. The van der Waals surface area contributed by atoms with Crippen LogP contribution in [0.15, 0.2) is 0 Å². The second kappa shape index (κ2) is 12.6. The van der Waals surface area contributed by atoms with Gasteiger partial charge in [-0.3, -0.25) is 0 Å². The molecule has 1 N–H and O–H groups in total. The highest BCUT2D eigenvalue weighted by Gasteiger charge is 2.07. The topological polar surface area (TPSA) is 21.3 Å². The molecule has 0 rings (SSSR count). The first-order valence-electron chi connectivity index (χ1n) is 7.55. The molecular formula is C14H33NOSi. The molecule has 0 aliphatic rings. The van der Waals surface area contributed by atoms with Gasteiger partial charge in [-0.2, -0.15) is 0 Å². The lowest BCUT2D eigenvalue weighted by Crippen LogP contribution is -2.37. The minimum absolute atomic E-state index is 0.381. The van der Waals surface area contributed by atoms with E-state index < -0.39 is 0 Å². The second-order valence-electron chi connectivity index (χ2n) is 5.21. The van der Waals surface area contributed by atoms with Gasteiger partial charge in [0.25, 0.3) is 0 Å². The Labute approximate surface area is 111 Å². The third-order valence-electron chi connectivity index (χ3n) is 3.09. The second-order valence-corrected chi connectivity index (χ2v) is 6.86. The molecule has 0 aliphatic heterocycles. The summed E-state index contributed by atoms with van der Waals surface area (Å²) < 4.78 is 5.78. The Bertz CT molecular complexity index is 153. The summed E-state index contributed by atoms with van der Waals surface area (Å²) in [4.78, 5) is 0. The van der Waals surface area contributed by atoms with E-state index in [1.54, 1.807) is 0 Å². The predicted molar refractivity (Wildman–Crippen MR) is 80.2 cm³/mol. The van der Waals surface area contributed by atoms with Crippen LogP contribution in [0, 0.1) is 0 Å². The summed E-state index contributed by atoms with van der Waals surface area (Å²) in [5.74, 6) is 0. The molecule has 0 bridgehead atoms. The summed E-state index contributed by atoms with van der Waals surface area (Å²) in [6, 6.07) is 0. The monoisotopic (exact) mass is 259 g/mol. The molecule has 0 aromatic heterocycles. The normalized spacial score (nSPS) is 13.9. The Morgan fingerprint density at radius 2 is 1.65 bits per heavy atom. The van der Waals surface area contributed by atoms with Gasteiger partial charge in [-0.1, -0.05) is 46.0 Å². The molecule has 1 unspecified atom stereocenters. The summed E-state index contributed by atoms with van der Waals surface area (Å²) in [6.45, 7) is 9.97. The van der Waals surface area contributed by atoms with Crippen molar-refractivity contribution in [2.75, 3.05) is 6.54 Å². The zero-order valence-electron chi connectivity index (χ0n) is 12.4. The van der Waals surface area contributed by atoms with Crippen molar-refractivity contribution < 1.29 is 4.43 Å². The van der Waals surface area contributed by atoms with Crippen LogP contribution < -0.4 is 5.32 Å². The zero-order chi connectivity index (χ0) is 12.9. The van der Waals surface area contributed by atoms with Gasteiger partial charge in [-0.15, -0.1) is 0 Å². The maximum absolute atomic E-state index is 5.78. The lowest BCUT2D eigenvalue weighted by Gasteiger charge is -2.18. The lowest BCUT2D eigenvalue weighted by atomic mass is 10.1. The van der Waals surface area contributed by atoms with Crippen LogP contribution in [0.25, 0.3) is 0 Å². The molecule has 2 nitrogen and oxygen atoms in total. The Hall–Kier alpha value is 0.137. The minimum Gasteiger partial charge on any atom is -0.420 e. The lowest BCUT2D eigenvalue weighted by molar-refractivity contribution is 0.247. The molecular weight excluding hydrogens is 226 g/mol. The fourth-order valence-electron chi connectivity index (χ4n) is 1.84. The molecule has 0 aliphatic carbocycles. The van der Waals surface area contributed by atoms with Gasteiger partial charge in [-0.05, 0) is 33.2 Å². The molecule has 0 aromatic carbocycles. The third-order valence-corrected chi connectivity index (χ3v) is 5.21. The highest BCUT2D eigenvalue weighted by Crippen LogP contribution is 2.04. The van der Waals surface area contributed by atoms with E-state index in [1.165, 1.54) is 51.5 Å². The van der Waals surface area contributed by atoms with Gasteiger partial charge in [0.05, 0.1) is 0 Å². The van der Waals surface area contributed by atoms with Crippen molar-refractivity contribution in [2.45, 2.75) is 84.4 Å². The Balaban J connectivity index is 3.31. The van der Waals surface area contributed by atoms with E-state index in [1.807, 2.05) is 0 Å². The zero-order valence-corrected chi connectivity index (χ0v) is 13.8. The smallest absolute Gasteiger partial charge is 0.178 e. The molecule has 3 heteroatoms. The van der Waals surface area contributed by atoms with Crippen LogP contribution in [0.5, 0.6) is 0 Å². The quantitative estimate of drug-likeness (QED) is 0.429. The number of rotatable bonds is 12. The predicted octanol–water partition coefficient (Wildman–Crippen LogP) is 3.18. The van der Waals surface area contributed by atoms with E-state index in [2.05, 4.69) is 33.0 Å². The number of nitrogens with one attached hydrogen (secondary N) is 1. The molecule has 0 saturated carbocycles. The van der Waals surface area contributed by atoms with Crippen molar-refractivity contribution in [3.63, 3.8) is 0 Å². The van der Waals surface area contributed by atoms with E-state index in [0.29, 0.717) is 11.8 Å². The van der Waals surface area contributed by atoms with Crippen LogP contribution in [0.2, 0.25) is 0 Å². The first-order valence-corrected chi connectivity index (χ1v) is 8.95. The molecule has 0 heterocycles. The molecule has 0 aromatic rings. The maximum Gasteiger partial charge on any atom is 0.178 e. The van der Waals surface area contributed by atoms with Crippen molar-refractivity contribution >= 4 is 9.76 Å². The van der Waals surface area contributed by atoms with Gasteiger partial charge in [0, 0.05) is 11.8 Å². The highest BCUT2D eigenvalue weighted by atomic mass is 28.2. The maximum atomic E-state index is 5.78. The van der Waals surface area contributed by atoms with Crippen molar-refractivity contribution in [2.24, 2.45) is 0 Å². The summed E-state index contributed by atoms with van der Waals surface area (Å²) in [5.41, 5.74) is 0.674. The molecule has 104 valence electrons. The van der Waals surface area contributed by atoms with E-state index in [-0.39, 0.29) is 9.76 Å². The Kier molecular flexibility index (Phi) is 12.7. The molecule has 1 atom stereocenters. The summed E-state index contributed by atoms with van der Waals surface area (Å²) in [6.07, 6.45) is 9.91. The molecule has 0 amide bonds. The van der Waals surface area contributed by atoms with Crippen molar-refractivity contribution in [1.29, 1.82) is 0 Å². The van der Waals surface area contributed by atoms with E-state index >= 15 is 0 Å². The van der Waals surface area contributed by atoms with Gasteiger partial charge in [0.1, 0.15) is 0 Å². The SMILES string of the molecule is CCCCCCCCNC(CC)[SiH2]OC(C)C. The number of unbranched alkanes of at least 4 members (excludes halogenated alkanes) is 5. The summed E-state index contributed by atoms with van der Waals surface area (Å²) >= 11 is 0. The first-order chi connectivity index (χ1) is 8.20.